The van der Waals surface area contributed by atoms with Crippen molar-refractivity contribution in [3.8, 4) is 0 Å². The van der Waals surface area contributed by atoms with Gasteiger partial charge in [0.15, 0.2) is 0 Å². The van der Waals surface area contributed by atoms with E-state index >= 15 is 0 Å². The molecule has 112 valence electrons. The second-order valence-electron chi connectivity index (χ2n) is 5.22. The first-order valence-corrected chi connectivity index (χ1v) is 8.03. The fraction of sp³-hybridized carbons (Fsp3) is 0.294. The van der Waals surface area contributed by atoms with Crippen molar-refractivity contribution in [2.75, 3.05) is 11.9 Å². The Hall–Kier alpha value is -1.03. The van der Waals surface area contributed by atoms with Gasteiger partial charge in [-0.3, -0.25) is 0 Å². The number of anilines is 1. The summed E-state index contributed by atoms with van der Waals surface area (Å²) in [6, 6.07) is 14.0. The van der Waals surface area contributed by atoms with Gasteiger partial charge in [-0.15, -0.1) is 0 Å². The van der Waals surface area contributed by atoms with Gasteiger partial charge in [-0.05, 0) is 49.7 Å². The number of halogens is 2. The molecule has 2 nitrogen and oxygen atoms in total. The Bertz CT molecular complexity index is 613. The fourth-order valence-corrected chi connectivity index (χ4v) is 2.86. The van der Waals surface area contributed by atoms with Gasteiger partial charge in [0.25, 0.3) is 0 Å². The molecule has 0 aliphatic heterocycles. The number of rotatable bonds is 4. The second-order valence-corrected chi connectivity index (χ2v) is 6.57. The number of aliphatic hydroxyl groups excluding tert-OH is 1. The van der Waals surface area contributed by atoms with Gasteiger partial charge in [-0.2, -0.15) is 0 Å². The summed E-state index contributed by atoms with van der Waals surface area (Å²) in [5, 5.41) is 10.7. The topological polar surface area (TPSA) is 23.5 Å². The largest absolute Gasteiger partial charge is 0.389 e. The van der Waals surface area contributed by atoms with Gasteiger partial charge in [0, 0.05) is 27.8 Å². The first-order valence-electron chi connectivity index (χ1n) is 6.86. The third-order valence-corrected chi connectivity index (χ3v) is 4.50. The van der Waals surface area contributed by atoms with Gasteiger partial charge in [0.2, 0.25) is 0 Å². The molecule has 0 aliphatic rings. The van der Waals surface area contributed by atoms with Gasteiger partial charge in [0.05, 0.1) is 12.1 Å². The van der Waals surface area contributed by atoms with Gasteiger partial charge in [-0.25, -0.2) is 0 Å². The third kappa shape index (κ3) is 3.79. The van der Waals surface area contributed by atoms with E-state index in [9.17, 15) is 5.11 Å². The lowest BCUT2D eigenvalue weighted by molar-refractivity contribution is 0.199. The lowest BCUT2D eigenvalue weighted by Crippen LogP contribution is -2.23. The molecule has 2 unspecified atom stereocenters. The van der Waals surface area contributed by atoms with Crippen LogP contribution in [0.5, 0.6) is 0 Å². The molecule has 0 saturated carbocycles. The molecule has 0 aliphatic carbocycles. The number of nitrogens with zero attached hydrogens (tertiary/aromatic N) is 1. The van der Waals surface area contributed by atoms with Crippen LogP contribution in [-0.4, -0.2) is 12.2 Å². The monoisotopic (exact) mass is 367 g/mol. The number of aliphatic hydroxyl groups is 1. The van der Waals surface area contributed by atoms with Gasteiger partial charge >= 0.3 is 0 Å². The summed E-state index contributed by atoms with van der Waals surface area (Å²) >= 11 is 9.40. The first kappa shape index (κ1) is 16.3. The predicted octanol–water partition coefficient (Wildman–Crippen LogP) is 5.35. The van der Waals surface area contributed by atoms with Crippen LogP contribution >= 0.6 is 27.5 Å². The Balaban J connectivity index is 2.35. The molecule has 0 bridgehead atoms. The summed E-state index contributed by atoms with van der Waals surface area (Å²) in [6.07, 6.45) is -0.516. The first-order chi connectivity index (χ1) is 9.90. The zero-order chi connectivity index (χ0) is 15.6. The quantitative estimate of drug-likeness (QED) is 0.786. The normalized spacial score (nSPS) is 13.8. The Morgan fingerprint density at radius 3 is 2.29 bits per heavy atom. The molecule has 0 saturated heterocycles. The molecule has 21 heavy (non-hydrogen) atoms. The fourth-order valence-electron chi connectivity index (χ4n) is 2.35. The van der Waals surface area contributed by atoms with Crippen molar-refractivity contribution in [3.05, 3.63) is 63.1 Å². The molecule has 0 radical (unpaired) electrons. The van der Waals surface area contributed by atoms with Gasteiger partial charge < -0.3 is 10.0 Å². The zero-order valence-corrected chi connectivity index (χ0v) is 14.7. The minimum atomic E-state index is -0.516. The predicted molar refractivity (Wildman–Crippen MR) is 93.0 cm³/mol. The molecular formula is C17H19BrClNO. The average Bonchev–Trinajstić information content (AvgIpc) is 2.46. The van der Waals surface area contributed by atoms with E-state index in [4.69, 9.17) is 11.6 Å². The molecule has 2 aromatic rings. The van der Waals surface area contributed by atoms with Crippen LogP contribution in [0.1, 0.15) is 37.1 Å². The van der Waals surface area contributed by atoms with Crippen LogP contribution in [0, 0.1) is 0 Å². The lowest BCUT2D eigenvalue weighted by Gasteiger charge is -2.30. The van der Waals surface area contributed by atoms with E-state index in [1.54, 1.807) is 6.92 Å². The summed E-state index contributed by atoms with van der Waals surface area (Å²) in [5.74, 6) is 0. The highest BCUT2D eigenvalue weighted by atomic mass is 79.9. The standard InChI is InChI=1S/C17H19BrClNO/c1-11(13-4-7-15(19)8-5-13)20(3)17-9-6-14(18)10-16(17)12(2)21/h4-12,21H,1-3H3. The number of benzene rings is 2. The van der Waals surface area contributed by atoms with Crippen molar-refractivity contribution in [2.45, 2.75) is 26.0 Å². The van der Waals surface area contributed by atoms with E-state index in [1.807, 2.05) is 49.5 Å². The Morgan fingerprint density at radius 2 is 1.71 bits per heavy atom. The van der Waals surface area contributed by atoms with Crippen molar-refractivity contribution >= 4 is 33.2 Å². The average molecular weight is 369 g/mol. The summed E-state index contributed by atoms with van der Waals surface area (Å²) in [7, 11) is 2.04. The number of hydrogen-bond acceptors (Lipinski definition) is 2. The maximum atomic E-state index is 10.0. The molecule has 1 N–H and O–H groups in total. The smallest absolute Gasteiger partial charge is 0.0782 e. The van der Waals surface area contributed by atoms with Crippen LogP contribution in [0.4, 0.5) is 5.69 Å². The molecular weight excluding hydrogens is 350 g/mol. The van der Waals surface area contributed by atoms with Crippen LogP contribution in [0.25, 0.3) is 0 Å². The Kier molecular flexibility index (Phi) is 5.31. The Labute approximate surface area is 139 Å². The molecule has 0 heterocycles. The van der Waals surface area contributed by atoms with Crippen molar-refractivity contribution in [2.24, 2.45) is 0 Å². The van der Waals surface area contributed by atoms with Gasteiger partial charge in [0.1, 0.15) is 0 Å². The number of hydrogen-bond donors (Lipinski definition) is 1. The van der Waals surface area contributed by atoms with E-state index in [-0.39, 0.29) is 6.04 Å². The lowest BCUT2D eigenvalue weighted by atomic mass is 10.0. The minimum Gasteiger partial charge on any atom is -0.389 e. The van der Waals surface area contributed by atoms with E-state index < -0.39 is 6.10 Å². The van der Waals surface area contributed by atoms with E-state index in [2.05, 4.69) is 27.8 Å². The van der Waals surface area contributed by atoms with E-state index in [0.29, 0.717) is 0 Å². The highest BCUT2D eigenvalue weighted by Crippen LogP contribution is 2.33. The second kappa shape index (κ2) is 6.82. The SMILES string of the molecule is CC(O)c1cc(Br)ccc1N(C)C(C)c1ccc(Cl)cc1. The molecule has 2 rings (SSSR count). The Morgan fingerprint density at radius 1 is 1.10 bits per heavy atom. The van der Waals surface area contributed by atoms with E-state index in [1.165, 1.54) is 5.56 Å². The summed E-state index contributed by atoms with van der Waals surface area (Å²) in [4.78, 5) is 2.16. The van der Waals surface area contributed by atoms with E-state index in [0.717, 1.165) is 20.7 Å². The highest BCUT2D eigenvalue weighted by molar-refractivity contribution is 9.10. The third-order valence-electron chi connectivity index (χ3n) is 3.75. The molecule has 0 fully saturated rings. The molecule has 2 aromatic carbocycles. The zero-order valence-electron chi connectivity index (χ0n) is 12.3. The summed E-state index contributed by atoms with van der Waals surface area (Å²) in [5.41, 5.74) is 3.12. The van der Waals surface area contributed by atoms with Gasteiger partial charge in [-0.1, -0.05) is 39.7 Å². The van der Waals surface area contributed by atoms with Crippen molar-refractivity contribution in [1.82, 2.24) is 0 Å². The molecule has 4 heteroatoms. The molecule has 0 aromatic heterocycles. The van der Waals surface area contributed by atoms with Crippen molar-refractivity contribution < 1.29 is 5.11 Å². The molecule has 2 atom stereocenters. The maximum Gasteiger partial charge on any atom is 0.0782 e. The van der Waals surface area contributed by atoms with Crippen molar-refractivity contribution in [3.63, 3.8) is 0 Å². The van der Waals surface area contributed by atoms with Crippen LogP contribution in [0.3, 0.4) is 0 Å². The van der Waals surface area contributed by atoms with Crippen molar-refractivity contribution in [1.29, 1.82) is 0 Å². The molecule has 0 amide bonds. The molecule has 0 spiro atoms. The minimum absolute atomic E-state index is 0.181. The van der Waals surface area contributed by atoms with Crippen LogP contribution in [0.2, 0.25) is 5.02 Å². The van der Waals surface area contributed by atoms with Crippen LogP contribution in [0.15, 0.2) is 46.9 Å². The van der Waals surface area contributed by atoms with Crippen LogP contribution < -0.4 is 4.90 Å². The summed E-state index contributed by atoms with van der Waals surface area (Å²) in [6.45, 7) is 3.92. The highest BCUT2D eigenvalue weighted by Gasteiger charge is 2.17. The van der Waals surface area contributed by atoms with Crippen LogP contribution in [-0.2, 0) is 0 Å². The maximum absolute atomic E-state index is 10.0. The summed E-state index contributed by atoms with van der Waals surface area (Å²) < 4.78 is 0.967.